The molecule has 3 atom stereocenters. The van der Waals surface area contributed by atoms with Crippen LogP contribution in [0.25, 0.3) is 0 Å². The van der Waals surface area contributed by atoms with Crippen LogP contribution in [-0.4, -0.2) is 18.1 Å². The Labute approximate surface area is 72.2 Å². The van der Waals surface area contributed by atoms with Crippen LogP contribution in [0.5, 0.6) is 0 Å². The summed E-state index contributed by atoms with van der Waals surface area (Å²) < 4.78 is 0. The molecule has 1 saturated heterocycles. The number of carboxylic acids is 1. The van der Waals surface area contributed by atoms with Gasteiger partial charge in [0.15, 0.2) is 0 Å². The molecule has 2 fully saturated rings. The monoisotopic (exact) mass is 169 g/mol. The zero-order chi connectivity index (χ0) is 8.55. The van der Waals surface area contributed by atoms with Crippen molar-refractivity contribution in [2.45, 2.75) is 44.2 Å². The number of fused-ring (bicyclic) bond motifs is 1. The van der Waals surface area contributed by atoms with E-state index < -0.39 is 5.97 Å². The third-order valence-corrected chi connectivity index (χ3v) is 3.31. The van der Waals surface area contributed by atoms with Crippen LogP contribution in [0.3, 0.4) is 0 Å². The van der Waals surface area contributed by atoms with Crippen molar-refractivity contribution >= 4 is 5.97 Å². The molecule has 68 valence electrons. The Kier molecular flexibility index (Phi) is 2.05. The molecule has 3 nitrogen and oxygen atoms in total. The maximum absolute atomic E-state index is 10.6. The average Bonchev–Trinajstić information content (AvgIpc) is 2.46. The van der Waals surface area contributed by atoms with Crippen molar-refractivity contribution < 1.29 is 15.2 Å². The number of carboxylic acid groups (broad SMARTS) is 1. The summed E-state index contributed by atoms with van der Waals surface area (Å²) in [7, 11) is 0. The number of carbonyl (C=O) groups is 1. The summed E-state index contributed by atoms with van der Waals surface area (Å²) in [5.74, 6) is -0.217. The molecule has 1 heterocycles. The highest BCUT2D eigenvalue weighted by molar-refractivity contribution is 5.69. The molecule has 3 heteroatoms. The predicted octanol–water partition coefficient (Wildman–Crippen LogP) is -1.37. The second kappa shape index (κ2) is 3.05. The summed E-state index contributed by atoms with van der Waals surface area (Å²) in [6, 6.07) is 0.333. The summed E-state index contributed by atoms with van der Waals surface area (Å²) in [5, 5.41) is 12.6. The van der Waals surface area contributed by atoms with Gasteiger partial charge in [-0.3, -0.25) is 0 Å². The zero-order valence-corrected chi connectivity index (χ0v) is 7.16. The van der Waals surface area contributed by atoms with Gasteiger partial charge in [0.1, 0.15) is 6.04 Å². The lowest BCUT2D eigenvalue weighted by Crippen LogP contribution is -2.94. The third kappa shape index (κ3) is 1.33. The van der Waals surface area contributed by atoms with Crippen molar-refractivity contribution in [3.05, 3.63) is 0 Å². The Balaban J connectivity index is 1.98. The largest absolute Gasteiger partial charge is 0.544 e. The first-order valence-electron chi connectivity index (χ1n) is 4.83. The molecule has 1 aliphatic carbocycles. The highest BCUT2D eigenvalue weighted by Crippen LogP contribution is 2.28. The van der Waals surface area contributed by atoms with E-state index in [0.29, 0.717) is 12.0 Å². The van der Waals surface area contributed by atoms with Gasteiger partial charge in [0.05, 0.1) is 12.0 Å². The van der Waals surface area contributed by atoms with Gasteiger partial charge in [0, 0.05) is 12.3 Å². The Morgan fingerprint density at radius 1 is 1.33 bits per heavy atom. The topological polar surface area (TPSA) is 56.7 Å². The molecule has 1 saturated carbocycles. The normalized spacial score (nSPS) is 40.8. The van der Waals surface area contributed by atoms with Crippen molar-refractivity contribution in [1.82, 2.24) is 0 Å². The SMILES string of the molecule is O=C([O-])[C@@H]1C[C@H]2CCCC[C@H]2[NH2+]1. The van der Waals surface area contributed by atoms with Crippen molar-refractivity contribution in [2.24, 2.45) is 5.92 Å². The summed E-state index contributed by atoms with van der Waals surface area (Å²) in [6.45, 7) is 0. The van der Waals surface area contributed by atoms with Crippen molar-refractivity contribution in [3.63, 3.8) is 0 Å². The van der Waals surface area contributed by atoms with E-state index in [1.54, 1.807) is 0 Å². The fourth-order valence-corrected chi connectivity index (χ4v) is 2.66. The first-order chi connectivity index (χ1) is 5.77. The number of hydrogen-bond donors (Lipinski definition) is 1. The molecule has 0 unspecified atom stereocenters. The molecule has 2 N–H and O–H groups in total. The first-order valence-corrected chi connectivity index (χ1v) is 4.83. The summed E-state index contributed by atoms with van der Waals surface area (Å²) in [6.07, 6.45) is 5.83. The quantitative estimate of drug-likeness (QED) is 0.526. The van der Waals surface area contributed by atoms with E-state index in [-0.39, 0.29) is 6.04 Å². The number of rotatable bonds is 1. The molecule has 0 radical (unpaired) electrons. The van der Waals surface area contributed by atoms with Crippen LogP contribution >= 0.6 is 0 Å². The van der Waals surface area contributed by atoms with Crippen LogP contribution < -0.4 is 10.4 Å². The second-order valence-corrected chi connectivity index (χ2v) is 4.06. The second-order valence-electron chi connectivity index (χ2n) is 4.06. The number of hydrogen-bond acceptors (Lipinski definition) is 2. The van der Waals surface area contributed by atoms with Crippen LogP contribution in [0.1, 0.15) is 32.1 Å². The molecule has 0 bridgehead atoms. The fourth-order valence-electron chi connectivity index (χ4n) is 2.66. The minimum absolute atomic E-state index is 0.252. The highest BCUT2D eigenvalue weighted by atomic mass is 16.4. The lowest BCUT2D eigenvalue weighted by molar-refractivity contribution is -0.699. The lowest BCUT2D eigenvalue weighted by Gasteiger charge is -2.20. The van der Waals surface area contributed by atoms with Crippen LogP contribution in [-0.2, 0) is 4.79 Å². The predicted molar refractivity (Wildman–Crippen MR) is 41.1 cm³/mol. The van der Waals surface area contributed by atoms with Gasteiger partial charge in [-0.05, 0) is 19.3 Å². The van der Waals surface area contributed by atoms with E-state index >= 15 is 0 Å². The molecule has 0 amide bonds. The molecule has 2 rings (SSSR count). The number of aliphatic carboxylic acids is 1. The molecule has 1 aliphatic heterocycles. The molecular weight excluding hydrogens is 154 g/mol. The maximum Gasteiger partial charge on any atom is 0.127 e. The Hall–Kier alpha value is -0.570. The van der Waals surface area contributed by atoms with E-state index in [4.69, 9.17) is 0 Å². The molecule has 0 spiro atoms. The average molecular weight is 169 g/mol. The standard InChI is InChI=1S/C9H15NO2/c11-9(12)8-5-6-3-1-2-4-7(6)10-8/h6-8,10H,1-5H2,(H,11,12)/t6-,7-,8+/m1/s1. The zero-order valence-electron chi connectivity index (χ0n) is 7.16. The van der Waals surface area contributed by atoms with E-state index in [2.05, 4.69) is 0 Å². The minimum Gasteiger partial charge on any atom is -0.544 e. The highest BCUT2D eigenvalue weighted by Gasteiger charge is 2.39. The Bertz CT molecular complexity index is 179. The molecule has 0 aromatic heterocycles. The van der Waals surface area contributed by atoms with Crippen LogP contribution in [0, 0.1) is 5.92 Å². The number of nitrogens with two attached hydrogens (primary N) is 1. The fraction of sp³-hybridized carbons (Fsp3) is 0.889. The first kappa shape index (κ1) is 8.05. The Morgan fingerprint density at radius 2 is 2.08 bits per heavy atom. The number of quaternary nitrogens is 1. The van der Waals surface area contributed by atoms with Gasteiger partial charge in [0.2, 0.25) is 0 Å². The van der Waals surface area contributed by atoms with E-state index in [9.17, 15) is 9.90 Å². The van der Waals surface area contributed by atoms with E-state index in [1.165, 1.54) is 25.7 Å². The van der Waals surface area contributed by atoms with Gasteiger partial charge in [-0.2, -0.15) is 0 Å². The van der Waals surface area contributed by atoms with Crippen LogP contribution in [0.4, 0.5) is 0 Å². The molecule has 0 aromatic rings. The molecule has 12 heavy (non-hydrogen) atoms. The van der Waals surface area contributed by atoms with Gasteiger partial charge >= 0.3 is 0 Å². The van der Waals surface area contributed by atoms with Crippen molar-refractivity contribution in [1.29, 1.82) is 0 Å². The van der Waals surface area contributed by atoms with Crippen molar-refractivity contribution in [2.75, 3.05) is 0 Å². The third-order valence-electron chi connectivity index (χ3n) is 3.31. The van der Waals surface area contributed by atoms with Gasteiger partial charge < -0.3 is 15.2 Å². The number of carbonyl (C=O) groups excluding carboxylic acids is 1. The van der Waals surface area contributed by atoms with E-state index in [1.807, 2.05) is 5.32 Å². The van der Waals surface area contributed by atoms with Gasteiger partial charge in [0.25, 0.3) is 0 Å². The van der Waals surface area contributed by atoms with Crippen molar-refractivity contribution in [3.8, 4) is 0 Å². The molecule has 2 aliphatic rings. The minimum atomic E-state index is -0.871. The van der Waals surface area contributed by atoms with Gasteiger partial charge in [-0.25, -0.2) is 0 Å². The Morgan fingerprint density at radius 3 is 2.75 bits per heavy atom. The van der Waals surface area contributed by atoms with Crippen LogP contribution in [0.2, 0.25) is 0 Å². The summed E-state index contributed by atoms with van der Waals surface area (Å²) in [5.41, 5.74) is 0. The lowest BCUT2D eigenvalue weighted by atomic mass is 9.85. The smallest absolute Gasteiger partial charge is 0.127 e. The maximum atomic E-state index is 10.6. The summed E-state index contributed by atoms with van der Waals surface area (Å²) >= 11 is 0. The molecule has 0 aromatic carbocycles. The van der Waals surface area contributed by atoms with Gasteiger partial charge in [-0.15, -0.1) is 0 Å². The van der Waals surface area contributed by atoms with Crippen LogP contribution in [0.15, 0.2) is 0 Å². The van der Waals surface area contributed by atoms with Gasteiger partial charge in [-0.1, -0.05) is 6.42 Å². The van der Waals surface area contributed by atoms with E-state index in [0.717, 1.165) is 6.42 Å². The summed E-state index contributed by atoms with van der Waals surface area (Å²) in [4.78, 5) is 10.6. The molecular formula is C9H15NO2.